The zero-order valence-corrected chi connectivity index (χ0v) is 15.2. The first kappa shape index (κ1) is 16.6. The molecule has 1 fully saturated rings. The smallest absolute Gasteiger partial charge is 0.111 e. The van der Waals surface area contributed by atoms with Crippen molar-refractivity contribution in [2.75, 3.05) is 51.5 Å². The molecule has 4 heteroatoms. The Hall–Kier alpha value is -0.790. The lowest BCUT2D eigenvalue weighted by atomic mass is 9.87. The number of nitrogens with zero attached hydrogens (tertiary/aromatic N) is 2. The number of anilines is 1. The minimum absolute atomic E-state index is 0.0879. The Morgan fingerprint density at radius 1 is 1.05 bits per heavy atom. The van der Waals surface area contributed by atoms with E-state index in [1.54, 1.807) is 0 Å². The maximum Gasteiger partial charge on any atom is 0.111 e. The molecule has 0 saturated carbocycles. The van der Waals surface area contributed by atoms with Gasteiger partial charge in [-0.15, -0.1) is 0 Å². The molecule has 0 bridgehead atoms. The molecule has 0 radical (unpaired) electrons. The molecule has 0 atom stereocenters. The average molecular weight is 308 g/mol. The fourth-order valence-corrected chi connectivity index (χ4v) is 3.95. The van der Waals surface area contributed by atoms with E-state index >= 15 is 0 Å². The molecule has 21 heavy (non-hydrogen) atoms. The topological polar surface area (TPSA) is 23.6 Å². The Kier molecular flexibility index (Phi) is 4.56. The molecule has 0 unspecified atom stereocenters. The van der Waals surface area contributed by atoms with Crippen LogP contribution in [0.2, 0.25) is 0 Å². The van der Waals surface area contributed by atoms with Gasteiger partial charge in [-0.1, -0.05) is 26.8 Å². The molecular weight excluding hydrogens is 279 g/mol. The van der Waals surface area contributed by atoms with Gasteiger partial charge >= 0.3 is 0 Å². The lowest BCUT2D eigenvalue weighted by Crippen LogP contribution is -2.45. The standard InChI is InChI=1S/C17H29N2OP/c1-17(2,3)14-7-8-15(16(13-14)21(5,6)20)19-11-9-18(4)10-12-19/h7-8,13H,9-12H2,1-6H3. The summed E-state index contributed by atoms with van der Waals surface area (Å²) in [5.74, 6) is 0. The number of hydrogen-bond acceptors (Lipinski definition) is 3. The van der Waals surface area contributed by atoms with Crippen LogP contribution >= 0.6 is 7.14 Å². The maximum atomic E-state index is 12.8. The van der Waals surface area contributed by atoms with Gasteiger partial charge in [0, 0.05) is 37.2 Å². The fraction of sp³-hybridized carbons (Fsp3) is 0.647. The van der Waals surface area contributed by atoms with E-state index in [1.165, 1.54) is 11.3 Å². The van der Waals surface area contributed by atoms with Gasteiger partial charge in [-0.2, -0.15) is 0 Å². The van der Waals surface area contributed by atoms with Crippen LogP contribution in [-0.4, -0.2) is 51.5 Å². The summed E-state index contributed by atoms with van der Waals surface area (Å²) in [5, 5.41) is 1.04. The van der Waals surface area contributed by atoms with E-state index in [-0.39, 0.29) is 5.41 Å². The normalized spacial score (nSPS) is 18.1. The molecule has 3 nitrogen and oxygen atoms in total. The minimum atomic E-state index is -2.29. The highest BCUT2D eigenvalue weighted by atomic mass is 31.2. The van der Waals surface area contributed by atoms with Gasteiger partial charge in [0.2, 0.25) is 0 Å². The molecular formula is C17H29N2OP. The average Bonchev–Trinajstić information content (AvgIpc) is 2.37. The van der Waals surface area contributed by atoms with Crippen molar-refractivity contribution >= 4 is 18.1 Å². The van der Waals surface area contributed by atoms with Crippen molar-refractivity contribution in [3.05, 3.63) is 23.8 Å². The summed E-state index contributed by atoms with van der Waals surface area (Å²) in [4.78, 5) is 4.73. The summed E-state index contributed by atoms with van der Waals surface area (Å²) >= 11 is 0. The van der Waals surface area contributed by atoms with E-state index in [0.29, 0.717) is 0 Å². The van der Waals surface area contributed by atoms with Gasteiger partial charge in [0.05, 0.1) is 0 Å². The quantitative estimate of drug-likeness (QED) is 0.785. The molecule has 2 rings (SSSR count). The summed E-state index contributed by atoms with van der Waals surface area (Å²) in [7, 11) is -0.131. The number of hydrogen-bond donors (Lipinski definition) is 0. The van der Waals surface area contributed by atoms with Crippen molar-refractivity contribution in [1.82, 2.24) is 4.90 Å². The molecule has 0 aromatic heterocycles. The van der Waals surface area contributed by atoms with Gasteiger partial charge in [0.25, 0.3) is 0 Å². The predicted molar refractivity (Wildman–Crippen MR) is 93.9 cm³/mol. The van der Waals surface area contributed by atoms with E-state index in [9.17, 15) is 4.57 Å². The summed E-state index contributed by atoms with van der Waals surface area (Å²) in [6, 6.07) is 6.56. The van der Waals surface area contributed by atoms with Crippen LogP contribution < -0.4 is 10.2 Å². The monoisotopic (exact) mass is 308 g/mol. The molecule has 1 aliphatic rings. The van der Waals surface area contributed by atoms with Crippen molar-refractivity contribution in [2.45, 2.75) is 26.2 Å². The second-order valence-corrected chi connectivity index (χ2v) is 10.8. The van der Waals surface area contributed by atoms with Gasteiger partial charge in [0.1, 0.15) is 7.14 Å². The molecule has 0 N–H and O–H groups in total. The number of likely N-dealkylation sites (N-methyl/N-ethyl adjacent to an activating group) is 1. The second-order valence-electron chi connectivity index (χ2n) is 7.59. The van der Waals surface area contributed by atoms with Crippen LogP contribution in [0.25, 0.3) is 0 Å². The molecule has 0 aliphatic carbocycles. The maximum absolute atomic E-state index is 12.8. The lowest BCUT2D eigenvalue weighted by Gasteiger charge is -2.36. The van der Waals surface area contributed by atoms with E-state index in [2.05, 4.69) is 55.8 Å². The first-order valence-corrected chi connectivity index (χ1v) is 10.3. The molecule has 1 aliphatic heterocycles. The highest BCUT2D eigenvalue weighted by molar-refractivity contribution is 7.70. The third-order valence-electron chi connectivity index (χ3n) is 4.27. The Balaban J connectivity index is 2.44. The van der Waals surface area contributed by atoms with Gasteiger partial charge in [-0.25, -0.2) is 0 Å². The number of benzene rings is 1. The molecule has 1 aromatic rings. The summed E-state index contributed by atoms with van der Waals surface area (Å²) < 4.78 is 12.8. The summed E-state index contributed by atoms with van der Waals surface area (Å²) in [6.07, 6.45) is 0. The predicted octanol–water partition coefficient (Wildman–Crippen LogP) is 2.98. The number of rotatable bonds is 2. The number of piperazine rings is 1. The van der Waals surface area contributed by atoms with Crippen molar-refractivity contribution in [1.29, 1.82) is 0 Å². The summed E-state index contributed by atoms with van der Waals surface area (Å²) in [6.45, 7) is 14.5. The van der Waals surface area contributed by atoms with Crippen LogP contribution in [0.4, 0.5) is 5.69 Å². The fourth-order valence-electron chi connectivity index (χ4n) is 2.74. The third-order valence-corrected chi connectivity index (χ3v) is 5.78. The largest absolute Gasteiger partial charge is 0.368 e. The highest BCUT2D eigenvalue weighted by Gasteiger charge is 2.25. The van der Waals surface area contributed by atoms with Crippen LogP contribution in [0.1, 0.15) is 26.3 Å². The zero-order chi connectivity index (χ0) is 15.8. The van der Waals surface area contributed by atoms with Gasteiger partial charge in [-0.3, -0.25) is 0 Å². The van der Waals surface area contributed by atoms with Crippen molar-refractivity contribution in [2.24, 2.45) is 0 Å². The van der Waals surface area contributed by atoms with E-state index in [0.717, 1.165) is 31.5 Å². The van der Waals surface area contributed by atoms with Gasteiger partial charge < -0.3 is 14.4 Å². The van der Waals surface area contributed by atoms with E-state index in [4.69, 9.17) is 0 Å². The Morgan fingerprint density at radius 3 is 2.10 bits per heavy atom. The van der Waals surface area contributed by atoms with Crippen LogP contribution in [0.3, 0.4) is 0 Å². The molecule has 0 spiro atoms. The van der Waals surface area contributed by atoms with Crippen LogP contribution in [0.15, 0.2) is 18.2 Å². The Bertz CT molecular complexity index is 548. The van der Waals surface area contributed by atoms with Crippen LogP contribution in [0.5, 0.6) is 0 Å². The van der Waals surface area contributed by atoms with Crippen molar-refractivity contribution in [3.63, 3.8) is 0 Å². The molecule has 1 saturated heterocycles. The highest BCUT2D eigenvalue weighted by Crippen LogP contribution is 2.40. The van der Waals surface area contributed by atoms with Crippen molar-refractivity contribution in [3.8, 4) is 0 Å². The van der Waals surface area contributed by atoms with Gasteiger partial charge in [-0.05, 0) is 43.5 Å². The summed E-state index contributed by atoms with van der Waals surface area (Å²) in [5.41, 5.74) is 2.52. The van der Waals surface area contributed by atoms with E-state index in [1.807, 2.05) is 13.3 Å². The first-order chi connectivity index (χ1) is 9.59. The minimum Gasteiger partial charge on any atom is -0.368 e. The van der Waals surface area contributed by atoms with Crippen LogP contribution in [-0.2, 0) is 9.98 Å². The van der Waals surface area contributed by atoms with Gasteiger partial charge in [0.15, 0.2) is 0 Å². The molecule has 1 heterocycles. The molecule has 118 valence electrons. The Labute approximate surface area is 129 Å². The molecule has 1 aromatic carbocycles. The molecule has 0 amide bonds. The lowest BCUT2D eigenvalue weighted by molar-refractivity contribution is 0.313. The zero-order valence-electron chi connectivity index (χ0n) is 14.3. The Morgan fingerprint density at radius 2 is 1.62 bits per heavy atom. The first-order valence-electron chi connectivity index (χ1n) is 7.72. The van der Waals surface area contributed by atoms with Crippen LogP contribution in [0, 0.1) is 0 Å². The van der Waals surface area contributed by atoms with E-state index < -0.39 is 7.14 Å². The van der Waals surface area contributed by atoms with Crippen molar-refractivity contribution < 1.29 is 4.57 Å². The third kappa shape index (κ3) is 3.90. The second kappa shape index (κ2) is 5.78. The SMILES string of the molecule is CN1CCN(c2ccc(C(C)(C)C)cc2P(C)(C)=O)CC1.